The molecule has 1 heterocycles. The maximum atomic E-state index is 11.8. The Morgan fingerprint density at radius 1 is 1.32 bits per heavy atom. The Hall–Kier alpha value is -1.75. The monoisotopic (exact) mass is 306 g/mol. The van der Waals surface area contributed by atoms with Crippen molar-refractivity contribution >= 4 is 5.91 Å². The summed E-state index contributed by atoms with van der Waals surface area (Å²) >= 11 is 0. The number of nitrogens with one attached hydrogen (secondary N) is 2. The molecule has 1 aromatic rings. The summed E-state index contributed by atoms with van der Waals surface area (Å²) in [5.41, 5.74) is 1.12. The lowest BCUT2D eigenvalue weighted by Crippen LogP contribution is -2.26. The van der Waals surface area contributed by atoms with E-state index in [0.717, 1.165) is 43.0 Å². The molecule has 1 saturated heterocycles. The van der Waals surface area contributed by atoms with Crippen molar-refractivity contribution in [2.75, 3.05) is 33.9 Å². The number of rotatable bonds is 8. The lowest BCUT2D eigenvalue weighted by Gasteiger charge is -2.11. The molecule has 0 aliphatic carbocycles. The minimum absolute atomic E-state index is 0.146. The largest absolute Gasteiger partial charge is 0.493 e. The van der Waals surface area contributed by atoms with Gasteiger partial charge in [-0.25, -0.2) is 0 Å². The SMILES string of the molecule is COc1ccc(CCNC(=O)CCC2CCNC2)cc1OC. The van der Waals surface area contributed by atoms with Crippen molar-refractivity contribution in [3.63, 3.8) is 0 Å². The van der Waals surface area contributed by atoms with E-state index in [-0.39, 0.29) is 5.91 Å². The van der Waals surface area contributed by atoms with Crippen LogP contribution in [0.2, 0.25) is 0 Å². The predicted molar refractivity (Wildman–Crippen MR) is 86.5 cm³/mol. The molecule has 2 rings (SSSR count). The summed E-state index contributed by atoms with van der Waals surface area (Å²) in [7, 11) is 3.25. The Labute approximate surface area is 132 Å². The van der Waals surface area contributed by atoms with Crippen LogP contribution < -0.4 is 20.1 Å². The molecule has 122 valence electrons. The van der Waals surface area contributed by atoms with E-state index in [4.69, 9.17) is 9.47 Å². The predicted octanol–water partition coefficient (Wildman–Crippen LogP) is 1.75. The van der Waals surface area contributed by atoms with Crippen molar-refractivity contribution in [2.24, 2.45) is 5.92 Å². The van der Waals surface area contributed by atoms with E-state index in [1.54, 1.807) is 14.2 Å². The van der Waals surface area contributed by atoms with Gasteiger partial charge in [-0.15, -0.1) is 0 Å². The van der Waals surface area contributed by atoms with Gasteiger partial charge in [-0.05, 0) is 56.0 Å². The Morgan fingerprint density at radius 3 is 2.82 bits per heavy atom. The highest BCUT2D eigenvalue weighted by atomic mass is 16.5. The van der Waals surface area contributed by atoms with E-state index < -0.39 is 0 Å². The van der Waals surface area contributed by atoms with E-state index in [2.05, 4.69) is 10.6 Å². The number of hydrogen-bond acceptors (Lipinski definition) is 4. The molecule has 1 unspecified atom stereocenters. The molecule has 5 nitrogen and oxygen atoms in total. The van der Waals surface area contributed by atoms with Crippen LogP contribution in [0.15, 0.2) is 18.2 Å². The molecule has 1 aromatic carbocycles. The van der Waals surface area contributed by atoms with Crippen LogP contribution in [0.25, 0.3) is 0 Å². The van der Waals surface area contributed by atoms with Crippen LogP contribution in [-0.4, -0.2) is 39.8 Å². The average molecular weight is 306 g/mol. The summed E-state index contributed by atoms with van der Waals surface area (Å²) in [5, 5.41) is 6.32. The number of ether oxygens (including phenoxy) is 2. The van der Waals surface area contributed by atoms with Crippen LogP contribution in [0.1, 0.15) is 24.8 Å². The number of benzene rings is 1. The lowest BCUT2D eigenvalue weighted by atomic mass is 10.0. The van der Waals surface area contributed by atoms with Crippen molar-refractivity contribution in [2.45, 2.75) is 25.7 Å². The van der Waals surface area contributed by atoms with Gasteiger partial charge in [0, 0.05) is 13.0 Å². The number of hydrogen-bond donors (Lipinski definition) is 2. The number of methoxy groups -OCH3 is 2. The van der Waals surface area contributed by atoms with Crippen LogP contribution in [0.5, 0.6) is 11.5 Å². The van der Waals surface area contributed by atoms with Crippen LogP contribution >= 0.6 is 0 Å². The Balaban J connectivity index is 1.70. The third-order valence-electron chi connectivity index (χ3n) is 4.13. The first-order valence-electron chi connectivity index (χ1n) is 7.91. The molecule has 1 amide bonds. The van der Waals surface area contributed by atoms with Gasteiger partial charge in [-0.3, -0.25) is 4.79 Å². The minimum atomic E-state index is 0.146. The summed E-state index contributed by atoms with van der Waals surface area (Å²) in [6.45, 7) is 2.79. The molecule has 1 aliphatic rings. The van der Waals surface area contributed by atoms with Crippen LogP contribution in [-0.2, 0) is 11.2 Å². The Kier molecular flexibility index (Phi) is 6.52. The molecule has 0 radical (unpaired) electrons. The normalized spacial score (nSPS) is 17.3. The highest BCUT2D eigenvalue weighted by Gasteiger charge is 2.15. The van der Waals surface area contributed by atoms with Gasteiger partial charge in [-0.1, -0.05) is 6.07 Å². The van der Waals surface area contributed by atoms with E-state index in [1.165, 1.54) is 6.42 Å². The van der Waals surface area contributed by atoms with Crippen molar-refractivity contribution in [3.8, 4) is 11.5 Å². The van der Waals surface area contributed by atoms with Gasteiger partial charge in [0.1, 0.15) is 0 Å². The fraction of sp³-hybridized carbons (Fsp3) is 0.588. The highest BCUT2D eigenvalue weighted by molar-refractivity contribution is 5.75. The maximum Gasteiger partial charge on any atom is 0.220 e. The molecule has 0 spiro atoms. The summed E-state index contributed by atoms with van der Waals surface area (Å²) in [6.07, 6.45) is 3.59. The Bertz CT molecular complexity index is 485. The highest BCUT2D eigenvalue weighted by Crippen LogP contribution is 2.27. The van der Waals surface area contributed by atoms with E-state index >= 15 is 0 Å². The topological polar surface area (TPSA) is 59.6 Å². The standard InChI is InChI=1S/C17H26N2O3/c1-21-15-5-3-13(11-16(15)22-2)8-10-19-17(20)6-4-14-7-9-18-12-14/h3,5,11,14,18H,4,6-10,12H2,1-2H3,(H,19,20). The van der Waals surface area contributed by atoms with Crippen LogP contribution in [0.3, 0.4) is 0 Å². The molecule has 22 heavy (non-hydrogen) atoms. The van der Waals surface area contributed by atoms with Gasteiger partial charge in [0.05, 0.1) is 14.2 Å². The second-order valence-electron chi connectivity index (χ2n) is 5.69. The van der Waals surface area contributed by atoms with Crippen molar-refractivity contribution in [1.82, 2.24) is 10.6 Å². The zero-order valence-electron chi connectivity index (χ0n) is 13.5. The summed E-state index contributed by atoms with van der Waals surface area (Å²) in [6, 6.07) is 5.84. The van der Waals surface area contributed by atoms with E-state index in [0.29, 0.717) is 18.9 Å². The minimum Gasteiger partial charge on any atom is -0.493 e. The van der Waals surface area contributed by atoms with Crippen molar-refractivity contribution < 1.29 is 14.3 Å². The molecule has 0 saturated carbocycles. The second kappa shape index (κ2) is 8.63. The fourth-order valence-electron chi connectivity index (χ4n) is 2.77. The van der Waals surface area contributed by atoms with Crippen LogP contribution in [0, 0.1) is 5.92 Å². The van der Waals surface area contributed by atoms with Gasteiger partial charge < -0.3 is 20.1 Å². The van der Waals surface area contributed by atoms with Gasteiger partial charge in [0.2, 0.25) is 5.91 Å². The molecule has 1 fully saturated rings. The lowest BCUT2D eigenvalue weighted by molar-refractivity contribution is -0.121. The molecular formula is C17H26N2O3. The summed E-state index contributed by atoms with van der Waals surface area (Å²) < 4.78 is 10.5. The quantitative estimate of drug-likeness (QED) is 0.768. The van der Waals surface area contributed by atoms with Crippen molar-refractivity contribution in [3.05, 3.63) is 23.8 Å². The third kappa shape index (κ3) is 4.91. The molecule has 1 atom stereocenters. The van der Waals surface area contributed by atoms with E-state index in [9.17, 15) is 4.79 Å². The number of carbonyl (C=O) groups is 1. The van der Waals surface area contributed by atoms with Gasteiger partial charge in [0.25, 0.3) is 0 Å². The number of carbonyl (C=O) groups excluding carboxylic acids is 1. The van der Waals surface area contributed by atoms with Gasteiger partial charge >= 0.3 is 0 Å². The Morgan fingerprint density at radius 2 is 2.14 bits per heavy atom. The molecule has 1 aliphatic heterocycles. The molecular weight excluding hydrogens is 280 g/mol. The summed E-state index contributed by atoms with van der Waals surface area (Å²) in [5.74, 6) is 2.25. The molecule has 0 aromatic heterocycles. The molecule has 0 bridgehead atoms. The zero-order valence-corrected chi connectivity index (χ0v) is 13.5. The zero-order chi connectivity index (χ0) is 15.8. The molecule has 2 N–H and O–H groups in total. The average Bonchev–Trinajstić information content (AvgIpc) is 3.06. The smallest absolute Gasteiger partial charge is 0.220 e. The van der Waals surface area contributed by atoms with Gasteiger partial charge in [0.15, 0.2) is 11.5 Å². The fourth-order valence-corrected chi connectivity index (χ4v) is 2.77. The second-order valence-corrected chi connectivity index (χ2v) is 5.69. The van der Waals surface area contributed by atoms with E-state index in [1.807, 2.05) is 18.2 Å². The first kappa shape index (κ1) is 16.6. The first-order valence-corrected chi connectivity index (χ1v) is 7.91. The van der Waals surface area contributed by atoms with Gasteiger partial charge in [-0.2, -0.15) is 0 Å². The molecule has 5 heteroatoms. The summed E-state index contributed by atoms with van der Waals surface area (Å²) in [4.78, 5) is 11.8. The third-order valence-corrected chi connectivity index (χ3v) is 4.13. The van der Waals surface area contributed by atoms with Crippen LogP contribution in [0.4, 0.5) is 0 Å². The maximum absolute atomic E-state index is 11.8. The first-order chi connectivity index (χ1) is 10.7. The van der Waals surface area contributed by atoms with Crippen molar-refractivity contribution in [1.29, 1.82) is 0 Å². The number of amides is 1.